The molecular formula is C9H12N4. The SMILES string of the molecule is C/C(C#N)=C/Nc1nn(C)cc1C. The fraction of sp³-hybridized carbons (Fsp3) is 0.333. The second kappa shape index (κ2) is 3.76. The average Bonchev–Trinajstić information content (AvgIpc) is 2.41. The normalized spacial score (nSPS) is 11.1. The molecule has 0 aliphatic rings. The number of aromatic nitrogens is 2. The van der Waals surface area contributed by atoms with Crippen LogP contribution in [0.4, 0.5) is 5.82 Å². The van der Waals surface area contributed by atoms with E-state index in [-0.39, 0.29) is 0 Å². The molecule has 0 bridgehead atoms. The Morgan fingerprint density at radius 3 is 2.92 bits per heavy atom. The lowest BCUT2D eigenvalue weighted by Crippen LogP contribution is -1.93. The molecule has 1 aromatic rings. The molecule has 0 saturated carbocycles. The first kappa shape index (κ1) is 9.33. The molecule has 0 aliphatic heterocycles. The first-order valence-corrected chi connectivity index (χ1v) is 3.97. The van der Waals surface area contributed by atoms with Gasteiger partial charge in [-0.1, -0.05) is 0 Å². The van der Waals surface area contributed by atoms with E-state index < -0.39 is 0 Å². The second-order valence-corrected chi connectivity index (χ2v) is 2.92. The molecule has 0 spiro atoms. The van der Waals surface area contributed by atoms with Crippen molar-refractivity contribution < 1.29 is 0 Å². The van der Waals surface area contributed by atoms with Crippen LogP contribution in [0.3, 0.4) is 0 Å². The van der Waals surface area contributed by atoms with E-state index in [9.17, 15) is 0 Å². The van der Waals surface area contributed by atoms with Crippen molar-refractivity contribution in [2.45, 2.75) is 13.8 Å². The molecule has 0 radical (unpaired) electrons. The van der Waals surface area contributed by atoms with Crippen LogP contribution in [0.15, 0.2) is 18.0 Å². The third kappa shape index (κ3) is 2.34. The molecular weight excluding hydrogens is 164 g/mol. The molecule has 1 aromatic heterocycles. The summed E-state index contributed by atoms with van der Waals surface area (Å²) in [5, 5.41) is 15.6. The molecule has 1 heterocycles. The van der Waals surface area contributed by atoms with Crippen LogP contribution in [-0.2, 0) is 7.05 Å². The third-order valence-corrected chi connectivity index (χ3v) is 1.61. The molecule has 0 aromatic carbocycles. The lowest BCUT2D eigenvalue weighted by Gasteiger charge is -1.95. The summed E-state index contributed by atoms with van der Waals surface area (Å²) in [6, 6.07) is 2.03. The topological polar surface area (TPSA) is 53.6 Å². The van der Waals surface area contributed by atoms with Gasteiger partial charge in [0.15, 0.2) is 5.82 Å². The van der Waals surface area contributed by atoms with Gasteiger partial charge in [-0.2, -0.15) is 10.4 Å². The Morgan fingerprint density at radius 2 is 2.46 bits per heavy atom. The predicted octanol–water partition coefficient (Wildman–Crippen LogP) is 1.57. The fourth-order valence-electron chi connectivity index (χ4n) is 0.958. The quantitative estimate of drug-likeness (QED) is 0.696. The van der Waals surface area contributed by atoms with Gasteiger partial charge >= 0.3 is 0 Å². The number of anilines is 1. The molecule has 0 saturated heterocycles. The summed E-state index contributed by atoms with van der Waals surface area (Å²) in [4.78, 5) is 0. The van der Waals surface area contributed by atoms with E-state index in [1.165, 1.54) is 0 Å². The van der Waals surface area contributed by atoms with Crippen LogP contribution < -0.4 is 5.32 Å². The van der Waals surface area contributed by atoms with Gasteiger partial charge in [-0.3, -0.25) is 4.68 Å². The van der Waals surface area contributed by atoms with Crippen LogP contribution in [0.1, 0.15) is 12.5 Å². The van der Waals surface area contributed by atoms with Crippen LogP contribution in [0, 0.1) is 18.3 Å². The van der Waals surface area contributed by atoms with E-state index in [1.807, 2.05) is 26.2 Å². The Bertz CT molecular complexity index is 367. The van der Waals surface area contributed by atoms with E-state index in [4.69, 9.17) is 5.26 Å². The molecule has 4 nitrogen and oxygen atoms in total. The van der Waals surface area contributed by atoms with E-state index in [0.717, 1.165) is 11.4 Å². The van der Waals surface area contributed by atoms with Gasteiger partial charge in [0, 0.05) is 30.6 Å². The molecule has 0 aliphatic carbocycles. The molecule has 1 N–H and O–H groups in total. The Morgan fingerprint density at radius 1 is 1.77 bits per heavy atom. The highest BCUT2D eigenvalue weighted by molar-refractivity contribution is 5.45. The van der Waals surface area contributed by atoms with Crippen molar-refractivity contribution in [3.8, 4) is 6.07 Å². The zero-order chi connectivity index (χ0) is 9.84. The van der Waals surface area contributed by atoms with Gasteiger partial charge in [-0.25, -0.2) is 0 Å². The van der Waals surface area contributed by atoms with Crippen LogP contribution in [0.5, 0.6) is 0 Å². The van der Waals surface area contributed by atoms with Gasteiger partial charge in [0.1, 0.15) is 0 Å². The molecule has 4 heteroatoms. The van der Waals surface area contributed by atoms with Gasteiger partial charge in [0.2, 0.25) is 0 Å². The highest BCUT2D eigenvalue weighted by Crippen LogP contribution is 2.10. The zero-order valence-electron chi connectivity index (χ0n) is 8.00. The number of nitrogens with zero attached hydrogens (tertiary/aromatic N) is 3. The lowest BCUT2D eigenvalue weighted by molar-refractivity contribution is 0.770. The number of hydrogen-bond donors (Lipinski definition) is 1. The summed E-state index contributed by atoms with van der Waals surface area (Å²) in [6.45, 7) is 3.70. The monoisotopic (exact) mass is 176 g/mol. The van der Waals surface area contributed by atoms with Gasteiger partial charge < -0.3 is 5.32 Å². The molecule has 13 heavy (non-hydrogen) atoms. The number of aryl methyl sites for hydroxylation is 2. The number of nitriles is 1. The Balaban J connectivity index is 2.76. The predicted molar refractivity (Wildman–Crippen MR) is 50.9 cm³/mol. The van der Waals surface area contributed by atoms with Crippen molar-refractivity contribution >= 4 is 5.82 Å². The van der Waals surface area contributed by atoms with Gasteiger partial charge in [-0.05, 0) is 13.8 Å². The molecule has 1 rings (SSSR count). The minimum absolute atomic E-state index is 0.630. The molecule has 0 fully saturated rings. The van der Waals surface area contributed by atoms with Crippen molar-refractivity contribution in [3.63, 3.8) is 0 Å². The van der Waals surface area contributed by atoms with Gasteiger partial charge in [0.05, 0.1) is 6.07 Å². The highest BCUT2D eigenvalue weighted by Gasteiger charge is 1.99. The zero-order valence-corrected chi connectivity index (χ0v) is 8.00. The second-order valence-electron chi connectivity index (χ2n) is 2.92. The van der Waals surface area contributed by atoms with E-state index >= 15 is 0 Å². The maximum absolute atomic E-state index is 8.50. The smallest absolute Gasteiger partial charge is 0.154 e. The Hall–Kier alpha value is -1.76. The first-order valence-electron chi connectivity index (χ1n) is 3.97. The van der Waals surface area contributed by atoms with Crippen molar-refractivity contribution in [3.05, 3.63) is 23.5 Å². The number of hydrogen-bond acceptors (Lipinski definition) is 3. The molecule has 68 valence electrons. The lowest BCUT2D eigenvalue weighted by atomic mass is 10.3. The maximum atomic E-state index is 8.50. The van der Waals surface area contributed by atoms with Gasteiger partial charge in [-0.15, -0.1) is 0 Å². The highest BCUT2D eigenvalue weighted by atomic mass is 15.3. The van der Waals surface area contributed by atoms with Crippen LogP contribution >= 0.6 is 0 Å². The summed E-state index contributed by atoms with van der Waals surface area (Å²) >= 11 is 0. The summed E-state index contributed by atoms with van der Waals surface area (Å²) in [5.41, 5.74) is 1.69. The summed E-state index contributed by atoms with van der Waals surface area (Å²) in [7, 11) is 1.86. The Labute approximate surface area is 77.5 Å². The van der Waals surface area contributed by atoms with Crippen LogP contribution in [0.25, 0.3) is 0 Å². The van der Waals surface area contributed by atoms with E-state index in [2.05, 4.69) is 10.4 Å². The van der Waals surface area contributed by atoms with Crippen molar-refractivity contribution in [1.29, 1.82) is 5.26 Å². The van der Waals surface area contributed by atoms with E-state index in [1.54, 1.807) is 17.8 Å². The fourth-order valence-corrected chi connectivity index (χ4v) is 0.958. The Kier molecular flexibility index (Phi) is 2.70. The molecule has 0 unspecified atom stereocenters. The van der Waals surface area contributed by atoms with Crippen LogP contribution in [-0.4, -0.2) is 9.78 Å². The number of rotatable bonds is 2. The average molecular weight is 176 g/mol. The number of nitrogens with one attached hydrogen (secondary N) is 1. The third-order valence-electron chi connectivity index (χ3n) is 1.61. The standard InChI is InChI=1S/C9H12N4/c1-7(4-10)5-11-9-8(2)6-13(3)12-9/h5-6H,1-3H3,(H,11,12)/b7-5-. The molecule has 0 atom stereocenters. The minimum atomic E-state index is 0.630. The molecule has 0 amide bonds. The van der Waals surface area contributed by atoms with Crippen molar-refractivity contribution in [2.75, 3.05) is 5.32 Å². The first-order chi connectivity index (χ1) is 6.13. The van der Waals surface area contributed by atoms with E-state index in [0.29, 0.717) is 5.57 Å². The van der Waals surface area contributed by atoms with Crippen molar-refractivity contribution in [2.24, 2.45) is 7.05 Å². The largest absolute Gasteiger partial charge is 0.344 e. The van der Waals surface area contributed by atoms with Crippen molar-refractivity contribution in [1.82, 2.24) is 9.78 Å². The number of allylic oxidation sites excluding steroid dienone is 1. The maximum Gasteiger partial charge on any atom is 0.154 e. The van der Waals surface area contributed by atoms with Crippen LogP contribution in [0.2, 0.25) is 0 Å². The summed E-state index contributed by atoms with van der Waals surface area (Å²) < 4.78 is 1.73. The summed E-state index contributed by atoms with van der Waals surface area (Å²) in [6.07, 6.45) is 3.56. The minimum Gasteiger partial charge on any atom is -0.344 e. The summed E-state index contributed by atoms with van der Waals surface area (Å²) in [5.74, 6) is 0.789. The van der Waals surface area contributed by atoms with Gasteiger partial charge in [0.25, 0.3) is 0 Å².